The van der Waals surface area contributed by atoms with Crippen LogP contribution in [0, 0.1) is 6.92 Å². The summed E-state index contributed by atoms with van der Waals surface area (Å²) in [6, 6.07) is 4.21. The van der Waals surface area contributed by atoms with Gasteiger partial charge in [0.2, 0.25) is 0 Å². The van der Waals surface area contributed by atoms with Crippen LogP contribution in [-0.2, 0) is 12.8 Å². The van der Waals surface area contributed by atoms with E-state index in [1.54, 1.807) is 0 Å². The molecule has 0 saturated heterocycles. The summed E-state index contributed by atoms with van der Waals surface area (Å²) in [6.07, 6.45) is 12.8. The second-order valence-electron chi connectivity index (χ2n) is 6.92. The predicted octanol–water partition coefficient (Wildman–Crippen LogP) is 5.73. The fourth-order valence-corrected chi connectivity index (χ4v) is 4.36. The Hall–Kier alpha value is -0.615. The van der Waals surface area contributed by atoms with E-state index in [9.17, 15) is 0 Å². The quantitative estimate of drug-likeness (QED) is 0.377. The first kappa shape index (κ1) is 23.4. The molecule has 0 aromatic carbocycles. The van der Waals surface area contributed by atoms with Gasteiger partial charge in [-0.2, -0.15) is 11.3 Å². The molecule has 0 radical (unpaired) electrons. The second-order valence-corrected chi connectivity index (χ2v) is 8.98. The number of unbranched alkanes of at least 4 members (excludes halogenated alkanes) is 6. The SMILES string of the molecule is CCCCCCc1csc(B(O)O)c1.CCCCCCc1csc(C)c1. The molecule has 0 aliphatic heterocycles. The summed E-state index contributed by atoms with van der Waals surface area (Å²) in [5.41, 5.74) is 2.77. The van der Waals surface area contributed by atoms with Crippen molar-refractivity contribution in [1.82, 2.24) is 0 Å². The molecule has 2 heterocycles. The minimum Gasteiger partial charge on any atom is -0.423 e. The molecule has 2 N–H and O–H groups in total. The molecule has 0 saturated carbocycles. The summed E-state index contributed by atoms with van der Waals surface area (Å²) in [7, 11) is -1.30. The van der Waals surface area contributed by atoms with Crippen LogP contribution in [0.2, 0.25) is 0 Å². The lowest BCUT2D eigenvalue weighted by molar-refractivity contribution is 0.427. The predicted molar refractivity (Wildman–Crippen MR) is 119 cm³/mol. The Balaban J connectivity index is 0.000000263. The van der Waals surface area contributed by atoms with Crippen molar-refractivity contribution in [1.29, 1.82) is 0 Å². The molecule has 0 unspecified atom stereocenters. The minimum absolute atomic E-state index is 0.649. The molecule has 0 amide bonds. The van der Waals surface area contributed by atoms with E-state index < -0.39 is 7.12 Å². The molecule has 0 aliphatic rings. The van der Waals surface area contributed by atoms with Gasteiger partial charge in [-0.05, 0) is 66.6 Å². The second kappa shape index (κ2) is 14.4. The molecule has 2 aromatic rings. The Morgan fingerprint density at radius 3 is 1.73 bits per heavy atom. The molecule has 0 aliphatic carbocycles. The van der Waals surface area contributed by atoms with Crippen LogP contribution in [0.3, 0.4) is 0 Å². The number of thiophene rings is 2. The first-order valence-corrected chi connectivity index (χ1v) is 11.8. The zero-order chi connectivity index (χ0) is 19.2. The Labute approximate surface area is 168 Å². The van der Waals surface area contributed by atoms with Crippen LogP contribution in [0.4, 0.5) is 0 Å². The van der Waals surface area contributed by atoms with Gasteiger partial charge in [0, 0.05) is 9.65 Å². The van der Waals surface area contributed by atoms with Crippen molar-refractivity contribution in [3.05, 3.63) is 38.9 Å². The number of hydrogen-bond acceptors (Lipinski definition) is 4. The number of hydrogen-bond donors (Lipinski definition) is 2. The molecule has 0 fully saturated rings. The van der Waals surface area contributed by atoms with Gasteiger partial charge >= 0.3 is 7.12 Å². The zero-order valence-electron chi connectivity index (χ0n) is 16.7. The van der Waals surface area contributed by atoms with E-state index in [2.05, 4.69) is 32.2 Å². The Morgan fingerprint density at radius 2 is 1.31 bits per heavy atom. The van der Waals surface area contributed by atoms with Crippen LogP contribution < -0.4 is 4.78 Å². The van der Waals surface area contributed by atoms with E-state index in [0.29, 0.717) is 4.78 Å². The standard InChI is InChI=1S/C11H18S.C10H17BO2S/c1-3-4-5-6-7-11-8-10(2)12-9-11;1-2-3-4-5-6-9-7-10(11(12)13)14-8-9/h8-9H,3-7H2,1-2H3;7-8,12-13H,2-6H2,1H3. The summed E-state index contributed by atoms with van der Waals surface area (Å²) in [5, 5.41) is 22.1. The van der Waals surface area contributed by atoms with Gasteiger partial charge in [-0.25, -0.2) is 0 Å². The molecule has 2 rings (SSSR count). The fourth-order valence-electron chi connectivity index (χ4n) is 2.80. The van der Waals surface area contributed by atoms with Crippen LogP contribution in [0.15, 0.2) is 22.9 Å². The highest BCUT2D eigenvalue weighted by atomic mass is 32.1. The minimum atomic E-state index is -1.30. The first-order valence-electron chi connectivity index (χ1n) is 10.0. The molecule has 5 heteroatoms. The van der Waals surface area contributed by atoms with Gasteiger partial charge in [-0.3, -0.25) is 0 Å². The van der Waals surface area contributed by atoms with Gasteiger partial charge < -0.3 is 10.0 Å². The van der Waals surface area contributed by atoms with Crippen molar-refractivity contribution in [3.8, 4) is 0 Å². The highest BCUT2D eigenvalue weighted by molar-refractivity contribution is 7.20. The maximum Gasteiger partial charge on any atom is 0.499 e. The smallest absolute Gasteiger partial charge is 0.423 e. The zero-order valence-corrected chi connectivity index (χ0v) is 18.3. The Morgan fingerprint density at radius 1 is 0.769 bits per heavy atom. The molecule has 0 atom stereocenters. The van der Waals surface area contributed by atoms with Crippen molar-refractivity contribution in [2.45, 2.75) is 85.0 Å². The summed E-state index contributed by atoms with van der Waals surface area (Å²) in [5.74, 6) is 0. The topological polar surface area (TPSA) is 40.5 Å². The lowest BCUT2D eigenvalue weighted by atomic mass is 9.89. The number of aryl methyl sites for hydroxylation is 3. The summed E-state index contributed by atoms with van der Waals surface area (Å²) >= 11 is 3.29. The van der Waals surface area contributed by atoms with Crippen LogP contribution in [0.25, 0.3) is 0 Å². The molecular weight excluding hydrogens is 359 g/mol. The number of rotatable bonds is 11. The molecule has 26 heavy (non-hydrogen) atoms. The molecule has 2 nitrogen and oxygen atoms in total. The maximum absolute atomic E-state index is 8.91. The van der Waals surface area contributed by atoms with Gasteiger partial charge in [0.25, 0.3) is 0 Å². The van der Waals surface area contributed by atoms with E-state index in [1.165, 1.54) is 85.1 Å². The van der Waals surface area contributed by atoms with Crippen LogP contribution in [0.5, 0.6) is 0 Å². The normalized spacial score (nSPS) is 10.5. The van der Waals surface area contributed by atoms with Crippen molar-refractivity contribution >= 4 is 34.6 Å². The van der Waals surface area contributed by atoms with Gasteiger partial charge in [0.05, 0.1) is 0 Å². The maximum atomic E-state index is 8.91. The lowest BCUT2D eigenvalue weighted by Crippen LogP contribution is -2.26. The van der Waals surface area contributed by atoms with Gasteiger partial charge in [0.15, 0.2) is 0 Å². The fraction of sp³-hybridized carbons (Fsp3) is 0.619. The van der Waals surface area contributed by atoms with Crippen molar-refractivity contribution in [2.75, 3.05) is 0 Å². The third-order valence-electron chi connectivity index (χ3n) is 4.35. The van der Waals surface area contributed by atoms with Crippen molar-refractivity contribution in [3.63, 3.8) is 0 Å². The monoisotopic (exact) mass is 394 g/mol. The molecular formula is C21H35BO2S2. The van der Waals surface area contributed by atoms with E-state index >= 15 is 0 Å². The Bertz CT molecular complexity index is 578. The van der Waals surface area contributed by atoms with Crippen molar-refractivity contribution < 1.29 is 10.0 Å². The van der Waals surface area contributed by atoms with Gasteiger partial charge in [0.1, 0.15) is 0 Å². The average Bonchev–Trinajstić information content (AvgIpc) is 3.25. The molecule has 2 aromatic heterocycles. The van der Waals surface area contributed by atoms with Crippen molar-refractivity contribution in [2.24, 2.45) is 0 Å². The summed E-state index contributed by atoms with van der Waals surface area (Å²) < 4.78 is 0.649. The third-order valence-corrected chi connectivity index (χ3v) is 6.28. The van der Waals surface area contributed by atoms with Gasteiger partial charge in [-0.1, -0.05) is 52.4 Å². The lowest BCUT2D eigenvalue weighted by Gasteiger charge is -1.96. The molecule has 0 spiro atoms. The summed E-state index contributed by atoms with van der Waals surface area (Å²) in [4.78, 5) is 1.44. The molecule has 0 bridgehead atoms. The van der Waals surface area contributed by atoms with E-state index in [1.807, 2.05) is 22.8 Å². The van der Waals surface area contributed by atoms with E-state index in [4.69, 9.17) is 10.0 Å². The first-order chi connectivity index (χ1) is 12.6. The highest BCUT2D eigenvalue weighted by Crippen LogP contribution is 2.15. The highest BCUT2D eigenvalue weighted by Gasteiger charge is 2.13. The van der Waals surface area contributed by atoms with Crippen LogP contribution >= 0.6 is 22.7 Å². The van der Waals surface area contributed by atoms with E-state index in [0.717, 1.165) is 6.42 Å². The van der Waals surface area contributed by atoms with E-state index in [-0.39, 0.29) is 0 Å². The van der Waals surface area contributed by atoms with Crippen LogP contribution in [0.1, 0.15) is 81.2 Å². The van der Waals surface area contributed by atoms with Crippen LogP contribution in [-0.4, -0.2) is 17.2 Å². The largest absolute Gasteiger partial charge is 0.499 e. The molecule has 146 valence electrons. The third kappa shape index (κ3) is 10.5. The van der Waals surface area contributed by atoms with Gasteiger partial charge in [-0.15, -0.1) is 11.3 Å². The summed E-state index contributed by atoms with van der Waals surface area (Å²) in [6.45, 7) is 6.64. The Kier molecular flexibility index (Phi) is 13.0. The average molecular weight is 394 g/mol.